The van der Waals surface area contributed by atoms with Gasteiger partial charge in [-0.05, 0) is 25.5 Å². The Morgan fingerprint density at radius 2 is 1.90 bits per heavy atom. The van der Waals surface area contributed by atoms with Crippen LogP contribution in [0.2, 0.25) is 0 Å². The van der Waals surface area contributed by atoms with Crippen LogP contribution in [0.25, 0.3) is 16.9 Å². The van der Waals surface area contributed by atoms with Crippen molar-refractivity contribution in [3.05, 3.63) is 70.1 Å². The number of aliphatic hydroxyl groups excluding tert-OH is 1. The smallest absolute Gasteiger partial charge is 0.258 e. The van der Waals surface area contributed by atoms with Crippen molar-refractivity contribution in [2.24, 2.45) is 0 Å². The summed E-state index contributed by atoms with van der Waals surface area (Å²) in [7, 11) is 0. The molecule has 0 fully saturated rings. The Morgan fingerprint density at radius 1 is 1.19 bits per heavy atom. The van der Waals surface area contributed by atoms with Crippen LogP contribution in [0, 0.1) is 6.92 Å². The highest BCUT2D eigenvalue weighted by atomic mass is 16.3. The van der Waals surface area contributed by atoms with Crippen molar-refractivity contribution < 1.29 is 5.11 Å². The molecule has 1 unspecified atom stereocenters. The number of benzene rings is 1. The lowest BCUT2D eigenvalue weighted by atomic mass is 10.1. The van der Waals surface area contributed by atoms with Crippen LogP contribution >= 0.6 is 0 Å². The molecular formula is C17H16N2O2. The van der Waals surface area contributed by atoms with Gasteiger partial charge in [-0.2, -0.15) is 0 Å². The summed E-state index contributed by atoms with van der Waals surface area (Å²) in [6.07, 6.45) is 1.06. The first kappa shape index (κ1) is 13.5. The Balaban J connectivity index is 2.35. The van der Waals surface area contributed by atoms with Gasteiger partial charge in [0, 0.05) is 23.4 Å². The fraction of sp³-hybridized carbons (Fsp3) is 0.176. The number of aromatic nitrogens is 2. The van der Waals surface area contributed by atoms with Gasteiger partial charge < -0.3 is 5.11 Å². The van der Waals surface area contributed by atoms with E-state index in [-0.39, 0.29) is 5.56 Å². The van der Waals surface area contributed by atoms with Crippen molar-refractivity contribution in [3.63, 3.8) is 0 Å². The van der Waals surface area contributed by atoms with Crippen molar-refractivity contribution in [1.29, 1.82) is 0 Å². The van der Waals surface area contributed by atoms with E-state index in [4.69, 9.17) is 0 Å². The zero-order valence-electron chi connectivity index (χ0n) is 11.9. The van der Waals surface area contributed by atoms with Crippen LogP contribution in [0.3, 0.4) is 0 Å². The Morgan fingerprint density at radius 3 is 2.57 bits per heavy atom. The zero-order chi connectivity index (χ0) is 15.0. The molecule has 2 heterocycles. The minimum Gasteiger partial charge on any atom is -0.389 e. The number of aliphatic hydroxyl groups is 1. The summed E-state index contributed by atoms with van der Waals surface area (Å²) in [5.74, 6) is 0. The van der Waals surface area contributed by atoms with Crippen LogP contribution in [0.15, 0.2) is 53.5 Å². The highest BCUT2D eigenvalue weighted by Crippen LogP contribution is 2.21. The summed E-state index contributed by atoms with van der Waals surface area (Å²) in [6.45, 7) is 3.57. The van der Waals surface area contributed by atoms with Crippen LogP contribution in [0.4, 0.5) is 0 Å². The molecule has 0 spiro atoms. The maximum Gasteiger partial charge on any atom is 0.258 e. The molecule has 3 rings (SSSR count). The van der Waals surface area contributed by atoms with E-state index in [1.807, 2.05) is 43.3 Å². The largest absolute Gasteiger partial charge is 0.389 e. The highest BCUT2D eigenvalue weighted by Gasteiger charge is 2.12. The molecule has 1 N–H and O–H groups in total. The van der Waals surface area contributed by atoms with Crippen LogP contribution in [0.1, 0.15) is 24.2 Å². The number of hydrogen-bond donors (Lipinski definition) is 1. The monoisotopic (exact) mass is 280 g/mol. The second-order valence-electron chi connectivity index (χ2n) is 5.19. The van der Waals surface area contributed by atoms with E-state index < -0.39 is 6.10 Å². The second kappa shape index (κ2) is 5.14. The van der Waals surface area contributed by atoms with E-state index >= 15 is 0 Å². The Bertz CT molecular complexity index is 852. The van der Waals surface area contributed by atoms with Gasteiger partial charge >= 0.3 is 0 Å². The summed E-state index contributed by atoms with van der Waals surface area (Å²) < 4.78 is 1.49. The lowest BCUT2D eigenvalue weighted by molar-refractivity contribution is 0.200. The summed E-state index contributed by atoms with van der Waals surface area (Å²) in [5.41, 5.74) is 3.42. The molecule has 106 valence electrons. The predicted molar refractivity (Wildman–Crippen MR) is 82.3 cm³/mol. The molecule has 4 heteroatoms. The van der Waals surface area contributed by atoms with Crippen molar-refractivity contribution >= 4 is 5.65 Å². The molecule has 1 atom stereocenters. The Hall–Kier alpha value is -2.46. The van der Waals surface area contributed by atoms with E-state index in [1.54, 1.807) is 13.1 Å². The molecule has 3 aromatic rings. The van der Waals surface area contributed by atoms with Gasteiger partial charge in [0.2, 0.25) is 0 Å². The summed E-state index contributed by atoms with van der Waals surface area (Å²) in [4.78, 5) is 16.9. The number of aryl methyl sites for hydroxylation is 1. The van der Waals surface area contributed by atoms with Crippen LogP contribution in [-0.2, 0) is 0 Å². The van der Waals surface area contributed by atoms with E-state index in [0.29, 0.717) is 16.9 Å². The van der Waals surface area contributed by atoms with E-state index in [1.165, 1.54) is 10.5 Å². The molecule has 0 saturated carbocycles. The third kappa shape index (κ3) is 2.45. The topological polar surface area (TPSA) is 54.6 Å². The molecular weight excluding hydrogens is 264 g/mol. The zero-order valence-corrected chi connectivity index (χ0v) is 11.9. The van der Waals surface area contributed by atoms with Gasteiger partial charge in [0.25, 0.3) is 5.56 Å². The molecule has 4 nitrogen and oxygen atoms in total. The van der Waals surface area contributed by atoms with Crippen molar-refractivity contribution in [1.82, 2.24) is 9.38 Å². The molecule has 0 aliphatic carbocycles. The third-order valence-electron chi connectivity index (χ3n) is 3.45. The first-order valence-electron chi connectivity index (χ1n) is 6.84. The van der Waals surface area contributed by atoms with E-state index in [0.717, 1.165) is 11.1 Å². The Labute approximate surface area is 122 Å². The van der Waals surface area contributed by atoms with Crippen molar-refractivity contribution in [2.45, 2.75) is 20.0 Å². The maximum absolute atomic E-state index is 12.3. The molecule has 0 radical (unpaired) electrons. The van der Waals surface area contributed by atoms with Crippen molar-refractivity contribution in [3.8, 4) is 11.3 Å². The number of pyridine rings is 1. The SMILES string of the molecule is Cc1cc(C(C)O)c2nc(-c3ccccc3)cc(=O)n2c1. The lowest BCUT2D eigenvalue weighted by Crippen LogP contribution is -2.16. The normalized spacial score (nSPS) is 12.5. The van der Waals surface area contributed by atoms with Crippen LogP contribution in [0.5, 0.6) is 0 Å². The molecule has 0 saturated heterocycles. The van der Waals surface area contributed by atoms with Gasteiger partial charge in [-0.25, -0.2) is 4.98 Å². The molecule has 0 aliphatic rings. The standard InChI is InChI=1S/C17H16N2O2/c1-11-8-14(12(2)20)17-18-15(9-16(21)19(17)10-11)13-6-4-3-5-7-13/h3-10,12,20H,1-2H3. The summed E-state index contributed by atoms with van der Waals surface area (Å²) in [6, 6.07) is 12.9. The number of hydrogen-bond acceptors (Lipinski definition) is 3. The number of rotatable bonds is 2. The Kier molecular flexibility index (Phi) is 3.31. The van der Waals surface area contributed by atoms with Gasteiger partial charge in [-0.15, -0.1) is 0 Å². The quantitative estimate of drug-likeness (QED) is 0.785. The minimum atomic E-state index is -0.683. The van der Waals surface area contributed by atoms with Crippen LogP contribution in [-0.4, -0.2) is 14.5 Å². The van der Waals surface area contributed by atoms with Gasteiger partial charge in [0.1, 0.15) is 5.65 Å². The lowest BCUT2D eigenvalue weighted by Gasteiger charge is -2.12. The average molecular weight is 280 g/mol. The van der Waals surface area contributed by atoms with Gasteiger partial charge in [0.15, 0.2) is 0 Å². The van der Waals surface area contributed by atoms with E-state index in [9.17, 15) is 9.90 Å². The minimum absolute atomic E-state index is 0.149. The summed E-state index contributed by atoms with van der Waals surface area (Å²) in [5, 5.41) is 9.94. The summed E-state index contributed by atoms with van der Waals surface area (Å²) >= 11 is 0. The molecule has 2 aromatic heterocycles. The number of fused-ring (bicyclic) bond motifs is 1. The van der Waals surface area contributed by atoms with Gasteiger partial charge in [-0.3, -0.25) is 9.20 Å². The average Bonchev–Trinajstić information content (AvgIpc) is 2.48. The first-order chi connectivity index (χ1) is 10.1. The van der Waals surface area contributed by atoms with Crippen molar-refractivity contribution in [2.75, 3.05) is 0 Å². The fourth-order valence-electron chi connectivity index (χ4n) is 2.43. The number of nitrogens with zero attached hydrogens (tertiary/aromatic N) is 2. The molecule has 21 heavy (non-hydrogen) atoms. The maximum atomic E-state index is 12.3. The predicted octanol–water partition coefficient (Wildman–Crippen LogP) is 2.72. The highest BCUT2D eigenvalue weighted by molar-refractivity contribution is 5.63. The third-order valence-corrected chi connectivity index (χ3v) is 3.45. The molecule has 0 amide bonds. The fourth-order valence-corrected chi connectivity index (χ4v) is 2.43. The molecule has 0 aliphatic heterocycles. The van der Waals surface area contributed by atoms with Gasteiger partial charge in [0.05, 0.1) is 11.8 Å². The second-order valence-corrected chi connectivity index (χ2v) is 5.19. The van der Waals surface area contributed by atoms with E-state index in [2.05, 4.69) is 4.98 Å². The molecule has 0 bridgehead atoms. The van der Waals surface area contributed by atoms with Crippen LogP contribution < -0.4 is 5.56 Å². The first-order valence-corrected chi connectivity index (χ1v) is 6.84. The molecule has 1 aromatic carbocycles. The van der Waals surface area contributed by atoms with Gasteiger partial charge in [-0.1, -0.05) is 30.3 Å².